The zero-order chi connectivity index (χ0) is 13.3. The summed E-state index contributed by atoms with van der Waals surface area (Å²) in [5, 5.41) is 0.482. The van der Waals surface area contributed by atoms with E-state index in [0.29, 0.717) is 35.5 Å². The second-order valence-electron chi connectivity index (χ2n) is 4.87. The van der Waals surface area contributed by atoms with Crippen LogP contribution >= 0.6 is 11.6 Å². The van der Waals surface area contributed by atoms with Crippen molar-refractivity contribution in [2.75, 3.05) is 20.3 Å². The highest BCUT2D eigenvalue weighted by molar-refractivity contribution is 6.32. The Morgan fingerprint density at radius 1 is 1.33 bits per heavy atom. The average molecular weight is 272 g/mol. The minimum absolute atomic E-state index is 0.482. The van der Waals surface area contributed by atoms with E-state index in [9.17, 15) is 0 Å². The smallest absolute Gasteiger partial charge is 0.170 e. The molecule has 0 radical (unpaired) electrons. The minimum Gasteiger partial charge on any atom is -0.495 e. The third-order valence-corrected chi connectivity index (χ3v) is 3.07. The second-order valence-corrected chi connectivity index (χ2v) is 5.27. The summed E-state index contributed by atoms with van der Waals surface area (Å²) < 4.78 is 16.8. The van der Waals surface area contributed by atoms with Gasteiger partial charge in [-0.3, -0.25) is 0 Å². The zero-order valence-corrected chi connectivity index (χ0v) is 11.6. The van der Waals surface area contributed by atoms with Gasteiger partial charge in [0.05, 0.1) is 30.9 Å². The molecule has 0 saturated carbocycles. The van der Waals surface area contributed by atoms with Crippen LogP contribution in [0.2, 0.25) is 5.02 Å². The number of benzene rings is 1. The van der Waals surface area contributed by atoms with E-state index in [2.05, 4.69) is 0 Å². The summed E-state index contributed by atoms with van der Waals surface area (Å²) in [6, 6.07) is 1.72. The van der Waals surface area contributed by atoms with Crippen molar-refractivity contribution in [3.63, 3.8) is 0 Å². The van der Waals surface area contributed by atoms with Crippen molar-refractivity contribution >= 4 is 11.6 Å². The fourth-order valence-electron chi connectivity index (χ4n) is 2.04. The number of methoxy groups -OCH3 is 1. The summed E-state index contributed by atoms with van der Waals surface area (Å²) in [4.78, 5) is 0. The molecule has 0 saturated heterocycles. The maximum Gasteiger partial charge on any atom is 0.170 e. The Morgan fingerprint density at radius 2 is 2.00 bits per heavy atom. The molecule has 1 aliphatic heterocycles. The molecule has 0 unspecified atom stereocenters. The van der Waals surface area contributed by atoms with Gasteiger partial charge in [-0.05, 0) is 13.8 Å². The molecular formula is C13H18ClNO3. The number of rotatable bonds is 2. The normalized spacial score (nSPS) is 15.2. The lowest BCUT2D eigenvalue weighted by molar-refractivity contribution is 0.293. The van der Waals surface area contributed by atoms with Crippen LogP contribution in [0.5, 0.6) is 17.2 Å². The van der Waals surface area contributed by atoms with E-state index in [1.165, 1.54) is 0 Å². The summed E-state index contributed by atoms with van der Waals surface area (Å²) in [5.41, 5.74) is 6.32. The molecule has 0 spiro atoms. The Bertz CT molecular complexity index is 455. The molecular weight excluding hydrogens is 254 g/mol. The molecule has 0 atom stereocenters. The van der Waals surface area contributed by atoms with E-state index in [1.54, 1.807) is 13.2 Å². The molecule has 0 aliphatic carbocycles. The van der Waals surface area contributed by atoms with Crippen LogP contribution in [-0.2, 0) is 5.54 Å². The molecule has 1 aromatic rings. The van der Waals surface area contributed by atoms with Crippen LogP contribution in [0.4, 0.5) is 0 Å². The maximum atomic E-state index is 6.21. The van der Waals surface area contributed by atoms with Gasteiger partial charge in [0.25, 0.3) is 0 Å². The van der Waals surface area contributed by atoms with Crippen molar-refractivity contribution in [2.24, 2.45) is 5.73 Å². The van der Waals surface area contributed by atoms with Gasteiger partial charge in [0.1, 0.15) is 5.75 Å². The van der Waals surface area contributed by atoms with E-state index in [0.717, 1.165) is 12.0 Å². The van der Waals surface area contributed by atoms with Gasteiger partial charge in [0.2, 0.25) is 0 Å². The van der Waals surface area contributed by atoms with Crippen molar-refractivity contribution < 1.29 is 14.2 Å². The van der Waals surface area contributed by atoms with Gasteiger partial charge >= 0.3 is 0 Å². The van der Waals surface area contributed by atoms with E-state index >= 15 is 0 Å². The van der Waals surface area contributed by atoms with Crippen LogP contribution in [0, 0.1) is 0 Å². The lowest BCUT2D eigenvalue weighted by Crippen LogP contribution is -2.30. The van der Waals surface area contributed by atoms with Crippen LogP contribution in [-0.4, -0.2) is 20.3 Å². The lowest BCUT2D eigenvalue weighted by atomic mass is 9.93. The fourth-order valence-corrected chi connectivity index (χ4v) is 2.31. The highest BCUT2D eigenvalue weighted by Gasteiger charge is 2.30. The molecule has 4 nitrogen and oxygen atoms in total. The van der Waals surface area contributed by atoms with Gasteiger partial charge in [-0.25, -0.2) is 0 Å². The minimum atomic E-state index is -0.631. The third kappa shape index (κ3) is 2.35. The monoisotopic (exact) mass is 271 g/mol. The van der Waals surface area contributed by atoms with Gasteiger partial charge in [-0.15, -0.1) is 0 Å². The van der Waals surface area contributed by atoms with Gasteiger partial charge in [0.15, 0.2) is 11.5 Å². The number of halogens is 1. The molecule has 0 aromatic heterocycles. The van der Waals surface area contributed by atoms with Crippen LogP contribution in [0.1, 0.15) is 25.8 Å². The average Bonchev–Trinajstić information content (AvgIpc) is 2.50. The molecule has 18 heavy (non-hydrogen) atoms. The van der Waals surface area contributed by atoms with Crippen molar-refractivity contribution in [1.82, 2.24) is 0 Å². The molecule has 2 N–H and O–H groups in total. The first-order valence-electron chi connectivity index (χ1n) is 5.90. The molecule has 2 rings (SSSR count). The van der Waals surface area contributed by atoms with Gasteiger partial charge in [-0.1, -0.05) is 11.6 Å². The molecule has 5 heteroatoms. The van der Waals surface area contributed by atoms with Crippen LogP contribution in [0.15, 0.2) is 6.07 Å². The summed E-state index contributed by atoms with van der Waals surface area (Å²) >= 11 is 6.21. The SMILES string of the molecule is COc1c(Cl)cc2c(c1C(C)(C)N)OCCCO2. The molecule has 0 bridgehead atoms. The summed E-state index contributed by atoms with van der Waals surface area (Å²) in [7, 11) is 1.57. The van der Waals surface area contributed by atoms with Crippen molar-refractivity contribution in [2.45, 2.75) is 25.8 Å². The van der Waals surface area contributed by atoms with Gasteiger partial charge in [-0.2, -0.15) is 0 Å². The number of nitrogens with two attached hydrogens (primary N) is 1. The van der Waals surface area contributed by atoms with Crippen molar-refractivity contribution in [3.05, 3.63) is 16.7 Å². The summed E-state index contributed by atoms with van der Waals surface area (Å²) in [6.07, 6.45) is 0.832. The number of fused-ring (bicyclic) bond motifs is 1. The van der Waals surface area contributed by atoms with Gasteiger partial charge in [0, 0.05) is 18.0 Å². The Morgan fingerprint density at radius 3 is 2.61 bits per heavy atom. The van der Waals surface area contributed by atoms with E-state index in [-0.39, 0.29) is 0 Å². The van der Waals surface area contributed by atoms with Gasteiger partial charge < -0.3 is 19.9 Å². The first kappa shape index (κ1) is 13.3. The summed E-state index contributed by atoms with van der Waals surface area (Å²) in [5.74, 6) is 1.82. The van der Waals surface area contributed by atoms with E-state index in [1.807, 2.05) is 13.8 Å². The predicted octanol–water partition coefficient (Wildman–Crippen LogP) is 2.70. The second kappa shape index (κ2) is 4.86. The van der Waals surface area contributed by atoms with Crippen molar-refractivity contribution in [3.8, 4) is 17.2 Å². The maximum absolute atomic E-state index is 6.21. The number of hydrogen-bond acceptors (Lipinski definition) is 4. The molecule has 0 fully saturated rings. The molecule has 1 heterocycles. The van der Waals surface area contributed by atoms with Crippen molar-refractivity contribution in [1.29, 1.82) is 0 Å². The number of ether oxygens (including phenoxy) is 3. The van der Waals surface area contributed by atoms with Crippen LogP contribution in [0.3, 0.4) is 0 Å². The largest absolute Gasteiger partial charge is 0.495 e. The molecule has 1 aliphatic rings. The van der Waals surface area contributed by atoms with Crippen LogP contribution in [0.25, 0.3) is 0 Å². The lowest BCUT2D eigenvalue weighted by Gasteiger charge is -2.26. The van der Waals surface area contributed by atoms with E-state index in [4.69, 9.17) is 31.5 Å². The van der Waals surface area contributed by atoms with Crippen LogP contribution < -0.4 is 19.9 Å². The Hall–Kier alpha value is -1.13. The molecule has 0 amide bonds. The highest BCUT2D eigenvalue weighted by Crippen LogP contribution is 2.47. The third-order valence-electron chi connectivity index (χ3n) is 2.79. The Kier molecular flexibility index (Phi) is 3.59. The predicted molar refractivity (Wildman–Crippen MR) is 70.8 cm³/mol. The number of hydrogen-bond donors (Lipinski definition) is 1. The fraction of sp³-hybridized carbons (Fsp3) is 0.538. The first-order chi connectivity index (χ1) is 8.45. The topological polar surface area (TPSA) is 53.7 Å². The summed E-state index contributed by atoms with van der Waals surface area (Å²) in [6.45, 7) is 4.98. The molecule has 1 aromatic carbocycles. The Labute approximate surface area is 112 Å². The zero-order valence-electron chi connectivity index (χ0n) is 10.9. The standard InChI is InChI=1S/C13H18ClNO3/c1-13(2,15)10-11(16-3)8(14)7-9-12(10)18-6-4-5-17-9/h7H,4-6,15H2,1-3H3. The van der Waals surface area contributed by atoms with E-state index < -0.39 is 5.54 Å². The molecule has 100 valence electrons. The first-order valence-corrected chi connectivity index (χ1v) is 6.28. The highest BCUT2D eigenvalue weighted by atomic mass is 35.5. The Balaban J connectivity index is 2.69. The quantitative estimate of drug-likeness (QED) is 0.899.